The number of aryl methyl sites for hydroxylation is 2. The summed E-state index contributed by atoms with van der Waals surface area (Å²) in [7, 11) is 0. The second-order valence-electron chi connectivity index (χ2n) is 8.15. The van der Waals surface area contributed by atoms with Crippen molar-refractivity contribution in [3.8, 4) is 22.5 Å². The molecule has 0 saturated carbocycles. The molecule has 3 aromatic carbocycles. The third-order valence-electron chi connectivity index (χ3n) is 5.85. The summed E-state index contributed by atoms with van der Waals surface area (Å²) in [6, 6.07) is 24.5. The number of aromatic nitrogens is 4. The van der Waals surface area contributed by atoms with Crippen LogP contribution in [-0.4, -0.2) is 33.1 Å². The Morgan fingerprint density at radius 1 is 0.939 bits per heavy atom. The molecule has 1 amide bonds. The second-order valence-corrected chi connectivity index (χ2v) is 8.15. The van der Waals surface area contributed by atoms with Gasteiger partial charge in [0.25, 0.3) is 0 Å². The minimum Gasteiger partial charge on any atom is -0.312 e. The van der Waals surface area contributed by atoms with Crippen LogP contribution in [0.5, 0.6) is 0 Å². The van der Waals surface area contributed by atoms with Crippen LogP contribution in [0.4, 0.5) is 5.69 Å². The molecule has 0 spiro atoms. The first-order valence-electron chi connectivity index (χ1n) is 11.5. The van der Waals surface area contributed by atoms with Gasteiger partial charge < -0.3 is 4.90 Å². The molecular formula is C27H29N5O. The fraction of sp³-hybridized carbons (Fsp3) is 0.259. The van der Waals surface area contributed by atoms with Gasteiger partial charge in [-0.05, 0) is 65.8 Å². The Morgan fingerprint density at radius 3 is 2.36 bits per heavy atom. The van der Waals surface area contributed by atoms with Crippen molar-refractivity contribution in [2.75, 3.05) is 11.4 Å². The molecule has 0 saturated heterocycles. The van der Waals surface area contributed by atoms with Gasteiger partial charge in [-0.15, -0.1) is 10.2 Å². The molecule has 1 aromatic heterocycles. The predicted molar refractivity (Wildman–Crippen MR) is 132 cm³/mol. The predicted octanol–water partition coefficient (Wildman–Crippen LogP) is 5.61. The van der Waals surface area contributed by atoms with E-state index in [1.165, 1.54) is 11.1 Å². The van der Waals surface area contributed by atoms with Crippen molar-refractivity contribution >= 4 is 11.6 Å². The van der Waals surface area contributed by atoms with E-state index in [9.17, 15) is 4.79 Å². The number of nitrogens with one attached hydrogen (secondary N) is 1. The Hall–Kier alpha value is -3.80. The topological polar surface area (TPSA) is 74.8 Å². The molecular weight excluding hydrogens is 410 g/mol. The highest BCUT2D eigenvalue weighted by Gasteiger charge is 2.16. The molecule has 1 N–H and O–H groups in total. The fourth-order valence-corrected chi connectivity index (χ4v) is 4.10. The number of hydrogen-bond acceptors (Lipinski definition) is 4. The first-order valence-corrected chi connectivity index (χ1v) is 11.5. The molecule has 6 heteroatoms. The van der Waals surface area contributed by atoms with Gasteiger partial charge in [0, 0.05) is 24.2 Å². The first kappa shape index (κ1) is 22.4. The van der Waals surface area contributed by atoms with E-state index >= 15 is 0 Å². The maximum atomic E-state index is 13.1. The van der Waals surface area contributed by atoms with Gasteiger partial charge in [-0.2, -0.15) is 5.21 Å². The van der Waals surface area contributed by atoms with Gasteiger partial charge in [-0.3, -0.25) is 4.79 Å². The van der Waals surface area contributed by atoms with E-state index < -0.39 is 0 Å². The molecule has 6 nitrogen and oxygen atoms in total. The number of rotatable bonds is 9. The van der Waals surface area contributed by atoms with Crippen molar-refractivity contribution in [1.29, 1.82) is 0 Å². The number of hydrogen-bond donors (Lipinski definition) is 1. The highest BCUT2D eigenvalue weighted by Crippen LogP contribution is 2.31. The third kappa shape index (κ3) is 5.34. The lowest BCUT2D eigenvalue weighted by Gasteiger charge is -2.23. The molecule has 0 aliphatic rings. The van der Waals surface area contributed by atoms with Crippen LogP contribution in [0.1, 0.15) is 37.3 Å². The largest absolute Gasteiger partial charge is 0.312 e. The Morgan fingerprint density at radius 2 is 1.67 bits per heavy atom. The van der Waals surface area contributed by atoms with Crippen LogP contribution < -0.4 is 4.90 Å². The Bertz CT molecular complexity index is 1190. The van der Waals surface area contributed by atoms with Crippen molar-refractivity contribution in [1.82, 2.24) is 20.6 Å². The van der Waals surface area contributed by atoms with Gasteiger partial charge in [0.05, 0.1) is 0 Å². The van der Waals surface area contributed by atoms with Crippen LogP contribution in [0, 0.1) is 6.92 Å². The minimum absolute atomic E-state index is 0.172. The highest BCUT2D eigenvalue weighted by atomic mass is 16.2. The maximum absolute atomic E-state index is 13.1. The van der Waals surface area contributed by atoms with Crippen molar-refractivity contribution in [2.24, 2.45) is 0 Å². The third-order valence-corrected chi connectivity index (χ3v) is 5.85. The summed E-state index contributed by atoms with van der Waals surface area (Å²) in [4.78, 5) is 15.0. The van der Waals surface area contributed by atoms with Gasteiger partial charge in [0.1, 0.15) is 0 Å². The summed E-state index contributed by atoms with van der Waals surface area (Å²) in [6.07, 6.45) is 3.22. The lowest BCUT2D eigenvalue weighted by Crippen LogP contribution is -2.31. The summed E-state index contributed by atoms with van der Waals surface area (Å²) in [5.41, 5.74) is 6.51. The van der Waals surface area contributed by atoms with Crippen LogP contribution in [0.25, 0.3) is 22.5 Å². The van der Waals surface area contributed by atoms with Crippen molar-refractivity contribution in [3.05, 3.63) is 83.9 Å². The van der Waals surface area contributed by atoms with Crippen LogP contribution in [-0.2, 0) is 11.2 Å². The molecule has 4 aromatic rings. The van der Waals surface area contributed by atoms with Crippen LogP contribution >= 0.6 is 0 Å². The van der Waals surface area contributed by atoms with E-state index in [1.54, 1.807) is 0 Å². The number of H-pyrrole nitrogens is 1. The zero-order chi connectivity index (χ0) is 23.0. The van der Waals surface area contributed by atoms with E-state index in [2.05, 4.69) is 70.9 Å². The number of carbonyl (C=O) groups is 1. The van der Waals surface area contributed by atoms with E-state index in [4.69, 9.17) is 0 Å². The molecule has 0 radical (unpaired) electrons. The SMILES string of the molecule is CCCN(C(=O)CCCc1ccccc1C)c1ccc(-c2ccccc2-c2nn[nH]n2)cc1. The summed E-state index contributed by atoms with van der Waals surface area (Å²) in [6.45, 7) is 4.93. The molecule has 0 unspecified atom stereocenters. The smallest absolute Gasteiger partial charge is 0.226 e. The molecule has 0 aliphatic heterocycles. The van der Waals surface area contributed by atoms with Crippen molar-refractivity contribution in [3.63, 3.8) is 0 Å². The Labute approximate surface area is 194 Å². The summed E-state index contributed by atoms with van der Waals surface area (Å²) in [5.74, 6) is 0.733. The number of amides is 1. The molecule has 0 atom stereocenters. The number of carbonyl (C=O) groups excluding carboxylic acids is 1. The van der Waals surface area contributed by atoms with E-state index in [1.807, 2.05) is 41.3 Å². The van der Waals surface area contributed by atoms with Crippen molar-refractivity contribution < 1.29 is 4.79 Å². The van der Waals surface area contributed by atoms with Gasteiger partial charge >= 0.3 is 0 Å². The van der Waals surface area contributed by atoms with E-state index in [-0.39, 0.29) is 5.91 Å². The van der Waals surface area contributed by atoms with E-state index in [0.717, 1.165) is 41.6 Å². The maximum Gasteiger partial charge on any atom is 0.226 e. The zero-order valence-corrected chi connectivity index (χ0v) is 19.2. The molecule has 1 heterocycles. The average molecular weight is 440 g/mol. The van der Waals surface area contributed by atoms with Gasteiger partial charge in [0.2, 0.25) is 11.7 Å². The van der Waals surface area contributed by atoms with Crippen LogP contribution in [0.2, 0.25) is 0 Å². The lowest BCUT2D eigenvalue weighted by atomic mass is 9.99. The standard InChI is InChI=1S/C27H29N5O/c1-3-19-32(26(33)14-8-11-21-10-5-4-9-20(21)2)23-17-15-22(16-18-23)24-12-6-7-13-25(24)27-28-30-31-29-27/h4-7,9-10,12-13,15-18H,3,8,11,14,19H2,1-2H3,(H,28,29,30,31). The van der Waals surface area contributed by atoms with Gasteiger partial charge in [-0.25, -0.2) is 0 Å². The summed E-state index contributed by atoms with van der Waals surface area (Å²) < 4.78 is 0. The summed E-state index contributed by atoms with van der Waals surface area (Å²) in [5, 5.41) is 14.4. The first-order chi connectivity index (χ1) is 16.2. The average Bonchev–Trinajstić information content (AvgIpc) is 3.39. The van der Waals surface area contributed by atoms with E-state index in [0.29, 0.717) is 18.8 Å². The highest BCUT2D eigenvalue weighted by molar-refractivity contribution is 5.93. The van der Waals surface area contributed by atoms with Crippen molar-refractivity contribution in [2.45, 2.75) is 39.5 Å². The monoisotopic (exact) mass is 439 g/mol. The quantitative estimate of drug-likeness (QED) is 0.368. The number of anilines is 1. The minimum atomic E-state index is 0.172. The van der Waals surface area contributed by atoms with Crippen LogP contribution in [0.15, 0.2) is 72.8 Å². The molecule has 0 aliphatic carbocycles. The van der Waals surface area contributed by atoms with Gasteiger partial charge in [-0.1, -0.05) is 67.6 Å². The number of nitrogens with zero attached hydrogens (tertiary/aromatic N) is 4. The number of benzene rings is 3. The van der Waals surface area contributed by atoms with Gasteiger partial charge in [0.15, 0.2) is 0 Å². The number of tetrazole rings is 1. The number of aromatic amines is 1. The molecule has 168 valence electrons. The normalized spacial score (nSPS) is 10.8. The Balaban J connectivity index is 1.48. The summed E-state index contributed by atoms with van der Waals surface area (Å²) >= 11 is 0. The fourth-order valence-electron chi connectivity index (χ4n) is 4.10. The Kier molecular flexibility index (Phi) is 7.25. The molecule has 4 rings (SSSR count). The molecule has 0 fully saturated rings. The second kappa shape index (κ2) is 10.7. The molecule has 0 bridgehead atoms. The lowest BCUT2D eigenvalue weighted by molar-refractivity contribution is -0.118. The zero-order valence-electron chi connectivity index (χ0n) is 19.2. The molecule has 33 heavy (non-hydrogen) atoms. The van der Waals surface area contributed by atoms with Crippen LogP contribution in [0.3, 0.4) is 0 Å².